The zero-order valence-corrected chi connectivity index (χ0v) is 7.92. The highest BCUT2D eigenvalue weighted by atomic mass is 16.5. The molecular formula is C10H17NO2. The van der Waals surface area contributed by atoms with Crippen molar-refractivity contribution in [3.05, 3.63) is 0 Å². The molecule has 2 aliphatic rings. The van der Waals surface area contributed by atoms with Crippen molar-refractivity contribution in [2.75, 3.05) is 13.2 Å². The summed E-state index contributed by atoms with van der Waals surface area (Å²) in [6, 6.07) is 0. The summed E-state index contributed by atoms with van der Waals surface area (Å²) >= 11 is 0. The standard InChI is InChI=1S/C10H17NO2/c11-7-8-3-6-13-10(8)4-1-9(12)2-5-10/h8H,1-7,11H2. The van der Waals surface area contributed by atoms with Crippen LogP contribution in [0.25, 0.3) is 0 Å². The monoisotopic (exact) mass is 183 g/mol. The average molecular weight is 183 g/mol. The molecule has 0 radical (unpaired) electrons. The molecule has 3 nitrogen and oxygen atoms in total. The molecule has 2 fully saturated rings. The van der Waals surface area contributed by atoms with E-state index in [9.17, 15) is 4.79 Å². The van der Waals surface area contributed by atoms with E-state index < -0.39 is 0 Å². The molecule has 74 valence electrons. The maximum Gasteiger partial charge on any atom is 0.133 e. The lowest BCUT2D eigenvalue weighted by Crippen LogP contribution is -2.42. The molecule has 13 heavy (non-hydrogen) atoms. The molecular weight excluding hydrogens is 166 g/mol. The molecule has 1 unspecified atom stereocenters. The summed E-state index contributed by atoms with van der Waals surface area (Å²) in [5.74, 6) is 0.873. The van der Waals surface area contributed by atoms with Gasteiger partial charge in [-0.3, -0.25) is 4.79 Å². The van der Waals surface area contributed by atoms with Gasteiger partial charge in [0.25, 0.3) is 0 Å². The van der Waals surface area contributed by atoms with Gasteiger partial charge in [-0.15, -0.1) is 0 Å². The minimum absolute atomic E-state index is 0.0251. The van der Waals surface area contributed by atoms with Gasteiger partial charge in [0.1, 0.15) is 5.78 Å². The lowest BCUT2D eigenvalue weighted by Gasteiger charge is -2.36. The Morgan fingerprint density at radius 1 is 1.46 bits per heavy atom. The van der Waals surface area contributed by atoms with E-state index in [4.69, 9.17) is 10.5 Å². The van der Waals surface area contributed by atoms with Crippen LogP contribution >= 0.6 is 0 Å². The molecule has 1 saturated carbocycles. The second-order valence-corrected chi connectivity index (χ2v) is 4.17. The number of nitrogens with two attached hydrogens (primary N) is 1. The molecule has 2 N–H and O–H groups in total. The first-order valence-corrected chi connectivity index (χ1v) is 5.12. The molecule has 2 rings (SSSR count). The van der Waals surface area contributed by atoms with Crippen molar-refractivity contribution in [1.29, 1.82) is 0 Å². The number of Topliss-reactive ketones (excluding diaryl/α,β-unsaturated/α-hetero) is 1. The number of carbonyl (C=O) groups is 1. The van der Waals surface area contributed by atoms with Crippen molar-refractivity contribution in [3.63, 3.8) is 0 Å². The van der Waals surface area contributed by atoms with Crippen LogP contribution in [0.5, 0.6) is 0 Å². The number of ketones is 1. The van der Waals surface area contributed by atoms with Gasteiger partial charge in [-0.2, -0.15) is 0 Å². The van der Waals surface area contributed by atoms with E-state index in [0.717, 1.165) is 25.9 Å². The number of hydrogen-bond donors (Lipinski definition) is 1. The molecule has 1 heterocycles. The molecule has 1 spiro atoms. The molecule has 0 aromatic rings. The van der Waals surface area contributed by atoms with Crippen molar-refractivity contribution < 1.29 is 9.53 Å². The first-order chi connectivity index (χ1) is 6.27. The summed E-state index contributed by atoms with van der Waals surface area (Å²) in [5, 5.41) is 0. The third-order valence-corrected chi connectivity index (χ3v) is 3.54. The zero-order chi connectivity index (χ0) is 9.31. The normalized spacial score (nSPS) is 32.7. The van der Waals surface area contributed by atoms with Gasteiger partial charge in [0.15, 0.2) is 0 Å². The highest BCUT2D eigenvalue weighted by Crippen LogP contribution is 2.42. The number of rotatable bonds is 1. The molecule has 1 saturated heterocycles. The van der Waals surface area contributed by atoms with E-state index in [1.807, 2.05) is 0 Å². The quantitative estimate of drug-likeness (QED) is 0.656. The van der Waals surface area contributed by atoms with Crippen LogP contribution < -0.4 is 5.73 Å². The van der Waals surface area contributed by atoms with E-state index >= 15 is 0 Å². The Labute approximate surface area is 78.6 Å². The Hall–Kier alpha value is -0.410. The summed E-state index contributed by atoms with van der Waals surface area (Å²) in [6.07, 6.45) is 4.25. The molecule has 0 aromatic carbocycles. The molecule has 1 aliphatic heterocycles. The van der Waals surface area contributed by atoms with Crippen molar-refractivity contribution in [2.45, 2.75) is 37.7 Å². The Morgan fingerprint density at radius 2 is 2.15 bits per heavy atom. The maximum absolute atomic E-state index is 11.1. The van der Waals surface area contributed by atoms with E-state index in [1.165, 1.54) is 0 Å². The van der Waals surface area contributed by atoms with Crippen molar-refractivity contribution in [2.24, 2.45) is 11.7 Å². The summed E-state index contributed by atoms with van der Waals surface area (Å²) in [5.41, 5.74) is 5.68. The fourth-order valence-electron chi connectivity index (χ4n) is 2.62. The van der Waals surface area contributed by atoms with Crippen LogP contribution in [0.3, 0.4) is 0 Å². The number of hydrogen-bond acceptors (Lipinski definition) is 3. The molecule has 1 aliphatic carbocycles. The third kappa shape index (κ3) is 1.51. The molecule has 1 atom stereocenters. The van der Waals surface area contributed by atoms with Gasteiger partial charge in [0, 0.05) is 25.4 Å². The van der Waals surface area contributed by atoms with Gasteiger partial charge >= 0.3 is 0 Å². The Morgan fingerprint density at radius 3 is 2.77 bits per heavy atom. The molecule has 3 heteroatoms. The zero-order valence-electron chi connectivity index (χ0n) is 7.92. The predicted molar refractivity (Wildman–Crippen MR) is 49.3 cm³/mol. The van der Waals surface area contributed by atoms with Gasteiger partial charge in [-0.05, 0) is 25.8 Å². The van der Waals surface area contributed by atoms with Gasteiger partial charge in [0.2, 0.25) is 0 Å². The summed E-state index contributed by atoms with van der Waals surface area (Å²) in [6.45, 7) is 1.53. The first kappa shape index (κ1) is 9.16. The Bertz CT molecular complexity index is 205. The van der Waals surface area contributed by atoms with Crippen molar-refractivity contribution in [1.82, 2.24) is 0 Å². The highest BCUT2D eigenvalue weighted by molar-refractivity contribution is 5.79. The van der Waals surface area contributed by atoms with Crippen LogP contribution in [0.15, 0.2) is 0 Å². The van der Waals surface area contributed by atoms with E-state index in [1.54, 1.807) is 0 Å². The van der Waals surface area contributed by atoms with Crippen LogP contribution in [-0.2, 0) is 9.53 Å². The first-order valence-electron chi connectivity index (χ1n) is 5.12. The van der Waals surface area contributed by atoms with Crippen molar-refractivity contribution in [3.8, 4) is 0 Å². The van der Waals surface area contributed by atoms with Crippen molar-refractivity contribution >= 4 is 5.78 Å². The van der Waals surface area contributed by atoms with Crippen LogP contribution in [0.2, 0.25) is 0 Å². The third-order valence-electron chi connectivity index (χ3n) is 3.54. The lowest BCUT2D eigenvalue weighted by molar-refractivity contribution is -0.127. The second-order valence-electron chi connectivity index (χ2n) is 4.17. The number of ether oxygens (including phenoxy) is 1. The smallest absolute Gasteiger partial charge is 0.133 e. The summed E-state index contributed by atoms with van der Waals surface area (Å²) in [7, 11) is 0. The van der Waals surface area contributed by atoms with E-state index in [0.29, 0.717) is 31.1 Å². The van der Waals surface area contributed by atoms with Gasteiger partial charge in [0.05, 0.1) is 5.60 Å². The van der Waals surface area contributed by atoms with Crippen LogP contribution in [0.1, 0.15) is 32.1 Å². The van der Waals surface area contributed by atoms with Gasteiger partial charge in [-0.25, -0.2) is 0 Å². The number of carbonyl (C=O) groups excluding carboxylic acids is 1. The fraction of sp³-hybridized carbons (Fsp3) is 0.900. The van der Waals surface area contributed by atoms with Gasteiger partial charge in [-0.1, -0.05) is 0 Å². The SMILES string of the molecule is NCC1CCOC12CCC(=O)CC2. The van der Waals surface area contributed by atoms with E-state index in [-0.39, 0.29) is 5.60 Å². The van der Waals surface area contributed by atoms with Crippen LogP contribution in [0, 0.1) is 5.92 Å². The predicted octanol–water partition coefficient (Wildman–Crippen LogP) is 0.863. The van der Waals surface area contributed by atoms with Crippen LogP contribution in [0.4, 0.5) is 0 Å². The maximum atomic E-state index is 11.1. The fourth-order valence-corrected chi connectivity index (χ4v) is 2.62. The average Bonchev–Trinajstić information content (AvgIpc) is 2.54. The minimum atomic E-state index is -0.0251. The largest absolute Gasteiger partial charge is 0.375 e. The molecule has 0 amide bonds. The Balaban J connectivity index is 2.06. The molecule has 0 bridgehead atoms. The second kappa shape index (κ2) is 3.39. The summed E-state index contributed by atoms with van der Waals surface area (Å²) in [4.78, 5) is 11.1. The van der Waals surface area contributed by atoms with Crippen LogP contribution in [-0.4, -0.2) is 24.5 Å². The highest BCUT2D eigenvalue weighted by Gasteiger charge is 2.45. The Kier molecular flexibility index (Phi) is 2.39. The lowest BCUT2D eigenvalue weighted by atomic mass is 9.75. The minimum Gasteiger partial charge on any atom is -0.375 e. The van der Waals surface area contributed by atoms with Gasteiger partial charge < -0.3 is 10.5 Å². The van der Waals surface area contributed by atoms with E-state index in [2.05, 4.69) is 0 Å². The molecule has 0 aromatic heterocycles. The summed E-state index contributed by atoms with van der Waals surface area (Å²) < 4.78 is 5.80. The topological polar surface area (TPSA) is 52.3 Å².